The number of hydrogen-bond acceptors (Lipinski definition) is 6. The molecule has 0 aliphatic carbocycles. The smallest absolute Gasteiger partial charge is 0.244 e. The summed E-state index contributed by atoms with van der Waals surface area (Å²) in [5.41, 5.74) is 1.31. The molecular weight excluding hydrogens is 502 g/mol. The number of likely N-dealkylation sites (N-methyl/N-ethyl adjacent to an activating group) is 2. The number of amides is 2. The second-order valence-corrected chi connectivity index (χ2v) is 9.56. The van der Waals surface area contributed by atoms with Crippen molar-refractivity contribution in [3.05, 3.63) is 65.1 Å². The number of halogens is 3. The third kappa shape index (κ3) is 5.55. The molecule has 1 atom stereocenters. The summed E-state index contributed by atoms with van der Waals surface area (Å²) in [6.07, 6.45) is 1.54. The Morgan fingerprint density at radius 2 is 1.92 bits per heavy atom. The Morgan fingerprint density at radius 1 is 1.16 bits per heavy atom. The predicted octanol–water partition coefficient (Wildman–Crippen LogP) is 4.16. The normalized spacial score (nSPS) is 14.8. The van der Waals surface area contributed by atoms with E-state index in [2.05, 4.69) is 15.3 Å². The number of aromatic nitrogens is 2. The van der Waals surface area contributed by atoms with Gasteiger partial charge in [-0.25, -0.2) is 9.37 Å². The van der Waals surface area contributed by atoms with Crippen molar-refractivity contribution in [2.75, 3.05) is 55.9 Å². The molecule has 0 bridgehead atoms. The Bertz CT molecular complexity index is 1350. The Morgan fingerprint density at radius 3 is 2.62 bits per heavy atom. The molecule has 4 rings (SSSR count). The van der Waals surface area contributed by atoms with E-state index in [1.54, 1.807) is 37.1 Å². The summed E-state index contributed by atoms with van der Waals surface area (Å²) >= 11 is 5.73. The molecule has 1 aromatic carbocycles. The molecule has 11 heteroatoms. The average molecular weight is 529 g/mol. The van der Waals surface area contributed by atoms with Gasteiger partial charge < -0.3 is 20.0 Å². The molecule has 0 radical (unpaired) electrons. The van der Waals surface area contributed by atoms with Crippen LogP contribution in [0.1, 0.15) is 18.5 Å². The maximum absolute atomic E-state index is 15.7. The highest BCUT2D eigenvalue weighted by molar-refractivity contribution is 6.30. The SMILES string of the molecule is CC1C(=O)N(CC(=O)Nc2ccc(Cl)c(F)c2)c2cc(N(C)CCN(C)C)nc(F)c2-c2cccnc21. The molecule has 2 aromatic heterocycles. The largest absolute Gasteiger partial charge is 0.358 e. The van der Waals surface area contributed by atoms with Gasteiger partial charge in [0, 0.05) is 43.7 Å². The molecule has 3 aromatic rings. The molecular formula is C26H27ClF2N6O2. The van der Waals surface area contributed by atoms with Crippen molar-refractivity contribution in [3.8, 4) is 11.1 Å². The number of anilines is 3. The number of carbonyl (C=O) groups excluding carboxylic acids is 2. The second-order valence-electron chi connectivity index (χ2n) is 9.15. The molecule has 194 valence electrons. The van der Waals surface area contributed by atoms with Crippen LogP contribution in [0, 0.1) is 11.8 Å². The van der Waals surface area contributed by atoms with Crippen LogP contribution >= 0.6 is 11.6 Å². The van der Waals surface area contributed by atoms with Crippen LogP contribution in [0.15, 0.2) is 42.6 Å². The molecule has 0 fully saturated rings. The number of pyridine rings is 2. The summed E-state index contributed by atoms with van der Waals surface area (Å²) in [6, 6.07) is 8.81. The minimum atomic E-state index is -0.773. The molecule has 0 saturated heterocycles. The maximum atomic E-state index is 15.7. The first-order valence-corrected chi connectivity index (χ1v) is 12.0. The summed E-state index contributed by atoms with van der Waals surface area (Å²) in [7, 11) is 5.63. The van der Waals surface area contributed by atoms with Gasteiger partial charge >= 0.3 is 0 Å². The number of nitrogens with one attached hydrogen (secondary N) is 1. The molecule has 3 heterocycles. The van der Waals surface area contributed by atoms with E-state index in [4.69, 9.17) is 11.6 Å². The van der Waals surface area contributed by atoms with Crippen molar-refractivity contribution in [2.24, 2.45) is 0 Å². The van der Waals surface area contributed by atoms with E-state index >= 15 is 4.39 Å². The fourth-order valence-electron chi connectivity index (χ4n) is 4.14. The van der Waals surface area contributed by atoms with Gasteiger partial charge in [0.25, 0.3) is 0 Å². The zero-order valence-corrected chi connectivity index (χ0v) is 21.7. The van der Waals surface area contributed by atoms with Crippen LogP contribution in [-0.4, -0.2) is 67.5 Å². The molecule has 1 aliphatic rings. The number of nitrogens with zero attached hydrogens (tertiary/aromatic N) is 5. The van der Waals surface area contributed by atoms with Gasteiger partial charge in [-0.1, -0.05) is 17.7 Å². The van der Waals surface area contributed by atoms with E-state index in [9.17, 15) is 14.0 Å². The van der Waals surface area contributed by atoms with Gasteiger partial charge in [-0.05, 0) is 45.3 Å². The topological polar surface area (TPSA) is 81.7 Å². The fraction of sp³-hybridized carbons (Fsp3) is 0.308. The standard InChI is InChI=1S/C26H27ClF2N6O2/c1-15-24-17(6-5-9-30-24)23-20(13-21(32-25(23)29)34(4)11-10-33(2)3)35(26(15)37)14-22(36)31-16-7-8-18(27)19(28)12-16/h5-9,12-13,15H,10-11,14H2,1-4H3,(H,31,36). The number of rotatable bonds is 7. The van der Waals surface area contributed by atoms with E-state index in [1.165, 1.54) is 23.2 Å². The summed E-state index contributed by atoms with van der Waals surface area (Å²) < 4.78 is 29.5. The van der Waals surface area contributed by atoms with E-state index in [0.29, 0.717) is 30.2 Å². The highest BCUT2D eigenvalue weighted by atomic mass is 35.5. The van der Waals surface area contributed by atoms with Crippen LogP contribution in [-0.2, 0) is 9.59 Å². The van der Waals surface area contributed by atoms with Crippen molar-refractivity contribution >= 4 is 40.6 Å². The summed E-state index contributed by atoms with van der Waals surface area (Å²) in [6.45, 7) is 2.49. The summed E-state index contributed by atoms with van der Waals surface area (Å²) in [5.74, 6) is -2.92. The highest BCUT2D eigenvalue weighted by Gasteiger charge is 2.36. The van der Waals surface area contributed by atoms with E-state index in [0.717, 1.165) is 6.07 Å². The van der Waals surface area contributed by atoms with Gasteiger partial charge in [-0.2, -0.15) is 4.39 Å². The highest BCUT2D eigenvalue weighted by Crippen LogP contribution is 2.42. The maximum Gasteiger partial charge on any atom is 0.244 e. The first kappa shape index (κ1) is 26.4. The first-order valence-electron chi connectivity index (χ1n) is 11.6. The van der Waals surface area contributed by atoms with Crippen LogP contribution < -0.4 is 15.1 Å². The lowest BCUT2D eigenvalue weighted by molar-refractivity contribution is -0.122. The predicted molar refractivity (Wildman–Crippen MR) is 140 cm³/mol. The summed E-state index contributed by atoms with van der Waals surface area (Å²) in [5, 5.41) is 2.50. The van der Waals surface area contributed by atoms with Crippen LogP contribution in [0.3, 0.4) is 0 Å². The van der Waals surface area contributed by atoms with Crippen LogP contribution in [0.25, 0.3) is 11.1 Å². The van der Waals surface area contributed by atoms with E-state index in [1.807, 2.05) is 19.0 Å². The van der Waals surface area contributed by atoms with Gasteiger partial charge in [-0.15, -0.1) is 0 Å². The first-order chi connectivity index (χ1) is 17.6. The van der Waals surface area contributed by atoms with Crippen molar-refractivity contribution in [1.29, 1.82) is 0 Å². The average Bonchev–Trinajstić information content (AvgIpc) is 2.94. The lowest BCUT2D eigenvalue weighted by Crippen LogP contribution is -2.40. The van der Waals surface area contributed by atoms with Crippen LogP contribution in [0.4, 0.5) is 26.0 Å². The Balaban J connectivity index is 1.76. The minimum Gasteiger partial charge on any atom is -0.358 e. The summed E-state index contributed by atoms with van der Waals surface area (Å²) in [4.78, 5) is 40.2. The van der Waals surface area contributed by atoms with Gasteiger partial charge in [0.2, 0.25) is 17.8 Å². The number of fused-ring (bicyclic) bond motifs is 3. The molecule has 2 amide bonds. The lowest BCUT2D eigenvalue weighted by Gasteiger charge is -2.27. The molecule has 0 saturated carbocycles. The Kier molecular flexibility index (Phi) is 7.70. The second kappa shape index (κ2) is 10.8. The Hall–Kier alpha value is -3.63. The molecule has 37 heavy (non-hydrogen) atoms. The zero-order chi connectivity index (χ0) is 26.9. The molecule has 0 spiro atoms. The fourth-order valence-corrected chi connectivity index (χ4v) is 4.25. The molecule has 8 nitrogen and oxygen atoms in total. The Labute approximate surface area is 218 Å². The number of carbonyl (C=O) groups is 2. The van der Waals surface area contributed by atoms with E-state index in [-0.39, 0.29) is 22.0 Å². The zero-order valence-electron chi connectivity index (χ0n) is 20.9. The quantitative estimate of drug-likeness (QED) is 0.464. The number of benzene rings is 1. The minimum absolute atomic E-state index is 0.0809. The van der Waals surface area contributed by atoms with Crippen LogP contribution in [0.2, 0.25) is 5.02 Å². The van der Waals surface area contributed by atoms with Crippen LogP contribution in [0.5, 0.6) is 0 Å². The van der Waals surface area contributed by atoms with Gasteiger partial charge in [0.1, 0.15) is 18.2 Å². The lowest BCUT2D eigenvalue weighted by atomic mass is 9.98. The molecule has 1 unspecified atom stereocenters. The molecule has 1 aliphatic heterocycles. The van der Waals surface area contributed by atoms with Gasteiger partial charge in [0.15, 0.2) is 0 Å². The van der Waals surface area contributed by atoms with Gasteiger partial charge in [-0.3, -0.25) is 14.6 Å². The van der Waals surface area contributed by atoms with Crippen molar-refractivity contribution in [2.45, 2.75) is 12.8 Å². The van der Waals surface area contributed by atoms with Crippen molar-refractivity contribution in [1.82, 2.24) is 14.9 Å². The monoisotopic (exact) mass is 528 g/mol. The van der Waals surface area contributed by atoms with Crippen molar-refractivity contribution < 1.29 is 18.4 Å². The van der Waals surface area contributed by atoms with E-state index < -0.39 is 36.0 Å². The van der Waals surface area contributed by atoms with Gasteiger partial charge in [0.05, 0.1) is 27.9 Å². The molecule has 1 N–H and O–H groups in total. The third-order valence-electron chi connectivity index (χ3n) is 6.17. The number of hydrogen-bond donors (Lipinski definition) is 1. The van der Waals surface area contributed by atoms with Crippen molar-refractivity contribution in [3.63, 3.8) is 0 Å². The third-order valence-corrected chi connectivity index (χ3v) is 6.47.